The van der Waals surface area contributed by atoms with E-state index in [1.54, 1.807) is 6.07 Å². The van der Waals surface area contributed by atoms with Gasteiger partial charge in [0.2, 0.25) is 11.8 Å². The van der Waals surface area contributed by atoms with Crippen LogP contribution in [0.3, 0.4) is 0 Å². The van der Waals surface area contributed by atoms with Gasteiger partial charge in [0.05, 0.1) is 13.5 Å². The molecule has 40 heavy (non-hydrogen) atoms. The van der Waals surface area contributed by atoms with Crippen molar-refractivity contribution in [2.75, 3.05) is 19.0 Å². The Morgan fingerprint density at radius 3 is 2.50 bits per heavy atom. The second-order valence-electron chi connectivity index (χ2n) is 8.98. The minimum absolute atomic E-state index is 0.108. The molecule has 3 N–H and O–H groups in total. The summed E-state index contributed by atoms with van der Waals surface area (Å²) in [6.07, 6.45) is -0.666. The van der Waals surface area contributed by atoms with Crippen molar-refractivity contribution in [1.29, 1.82) is 0 Å². The third kappa shape index (κ3) is 8.92. The Labute approximate surface area is 226 Å². The standard InChI is InChI=1S/C24H27FN4O4.C2HF3O2/c1-32-20-10-8-16(12-19(20)25)17(14-23(30)31)13-22-29-28-21(33-22)6-2-5-18-9-7-15-4-3-11-26-24(15)27-18;3-2(4,5)1(6)7/h7-10,12,17H,2-6,11,13-14H2,1H3,(H,26,27)(H,30,31);(H,6,7). The van der Waals surface area contributed by atoms with Gasteiger partial charge in [0.1, 0.15) is 5.82 Å². The quantitative estimate of drug-likeness (QED) is 0.297. The minimum Gasteiger partial charge on any atom is -0.494 e. The van der Waals surface area contributed by atoms with Crippen LogP contribution in [-0.2, 0) is 35.3 Å². The molecule has 0 fully saturated rings. The van der Waals surface area contributed by atoms with Crippen LogP contribution >= 0.6 is 0 Å². The number of methoxy groups -OCH3 is 1. The smallest absolute Gasteiger partial charge is 0.490 e. The molecule has 0 spiro atoms. The van der Waals surface area contributed by atoms with Gasteiger partial charge in [-0.05, 0) is 55.0 Å². The fourth-order valence-electron chi connectivity index (χ4n) is 4.07. The SMILES string of the molecule is COc1ccc(C(CC(=O)O)Cc2nnc(CCCc3ccc4c(n3)NCCC4)o2)cc1F.O=C(O)C(F)(F)F. The average molecular weight is 569 g/mol. The van der Waals surface area contributed by atoms with E-state index in [4.69, 9.17) is 24.0 Å². The van der Waals surface area contributed by atoms with E-state index in [1.165, 1.54) is 24.8 Å². The Morgan fingerprint density at radius 1 is 1.12 bits per heavy atom. The van der Waals surface area contributed by atoms with Gasteiger partial charge >= 0.3 is 18.1 Å². The number of anilines is 1. The molecule has 1 aromatic carbocycles. The highest BCUT2D eigenvalue weighted by Gasteiger charge is 2.38. The van der Waals surface area contributed by atoms with Gasteiger partial charge in [0.25, 0.3) is 0 Å². The number of pyridine rings is 1. The number of aliphatic carboxylic acids is 2. The first-order valence-corrected chi connectivity index (χ1v) is 12.4. The number of halogens is 4. The van der Waals surface area contributed by atoms with Crippen molar-refractivity contribution in [3.63, 3.8) is 0 Å². The Morgan fingerprint density at radius 2 is 1.85 bits per heavy atom. The molecular formula is C26H28F4N4O6. The van der Waals surface area contributed by atoms with E-state index in [2.05, 4.69) is 27.6 Å². The molecule has 0 radical (unpaired) electrons. The van der Waals surface area contributed by atoms with Gasteiger partial charge in [-0.1, -0.05) is 12.1 Å². The maximum absolute atomic E-state index is 14.1. The summed E-state index contributed by atoms with van der Waals surface area (Å²) in [7, 11) is 1.38. The first-order chi connectivity index (χ1) is 19.0. The van der Waals surface area contributed by atoms with Crippen molar-refractivity contribution in [2.24, 2.45) is 0 Å². The number of hydrogen-bond donors (Lipinski definition) is 3. The van der Waals surface area contributed by atoms with Gasteiger partial charge in [-0.2, -0.15) is 13.2 Å². The summed E-state index contributed by atoms with van der Waals surface area (Å²) in [6.45, 7) is 0.959. The Hall–Kier alpha value is -4.23. The van der Waals surface area contributed by atoms with Crippen LogP contribution in [0.2, 0.25) is 0 Å². The highest BCUT2D eigenvalue weighted by molar-refractivity contribution is 5.73. The molecule has 1 unspecified atom stereocenters. The Kier molecular flexibility index (Phi) is 10.4. The monoisotopic (exact) mass is 568 g/mol. The van der Waals surface area contributed by atoms with Gasteiger partial charge in [0, 0.05) is 31.0 Å². The molecule has 3 heterocycles. The first kappa shape index (κ1) is 30.3. The summed E-state index contributed by atoms with van der Waals surface area (Å²) in [5.74, 6) is -2.85. The topological polar surface area (TPSA) is 148 Å². The maximum Gasteiger partial charge on any atom is 0.490 e. The molecule has 2 aromatic heterocycles. The van der Waals surface area contributed by atoms with E-state index in [1.807, 2.05) is 0 Å². The molecule has 0 saturated carbocycles. The molecule has 0 saturated heterocycles. The number of aryl methyl sites for hydroxylation is 3. The predicted octanol–water partition coefficient (Wildman–Crippen LogP) is 4.58. The van der Waals surface area contributed by atoms with E-state index >= 15 is 0 Å². The lowest BCUT2D eigenvalue weighted by atomic mass is 9.92. The number of hydrogen-bond acceptors (Lipinski definition) is 8. The van der Waals surface area contributed by atoms with E-state index in [9.17, 15) is 27.5 Å². The summed E-state index contributed by atoms with van der Waals surface area (Å²) >= 11 is 0. The Balaban J connectivity index is 0.000000559. The number of fused-ring (bicyclic) bond motifs is 1. The van der Waals surface area contributed by atoms with Crippen LogP contribution < -0.4 is 10.1 Å². The number of carboxylic acid groups (broad SMARTS) is 2. The summed E-state index contributed by atoms with van der Waals surface area (Å²) in [6, 6.07) is 8.65. The van der Waals surface area contributed by atoms with Crippen LogP contribution in [-0.4, -0.2) is 57.2 Å². The van der Waals surface area contributed by atoms with E-state index in [0.29, 0.717) is 23.8 Å². The lowest BCUT2D eigenvalue weighted by Gasteiger charge is -2.17. The maximum atomic E-state index is 14.1. The number of rotatable bonds is 10. The zero-order valence-electron chi connectivity index (χ0n) is 21.5. The van der Waals surface area contributed by atoms with Crippen molar-refractivity contribution in [2.45, 2.75) is 57.0 Å². The highest BCUT2D eigenvalue weighted by atomic mass is 19.4. The van der Waals surface area contributed by atoms with Crippen LogP contribution in [0.1, 0.15) is 53.8 Å². The number of nitrogens with one attached hydrogen (secondary N) is 1. The molecule has 1 aliphatic rings. The van der Waals surface area contributed by atoms with Gasteiger partial charge in [-0.15, -0.1) is 10.2 Å². The lowest BCUT2D eigenvalue weighted by Crippen LogP contribution is -2.21. The van der Waals surface area contributed by atoms with Crippen molar-refractivity contribution in [1.82, 2.24) is 15.2 Å². The molecule has 0 bridgehead atoms. The van der Waals surface area contributed by atoms with Crippen LogP contribution in [0.5, 0.6) is 5.75 Å². The minimum atomic E-state index is -5.08. The van der Waals surface area contributed by atoms with Crippen LogP contribution in [0.4, 0.5) is 23.4 Å². The second-order valence-corrected chi connectivity index (χ2v) is 8.98. The molecule has 4 rings (SSSR count). The van der Waals surface area contributed by atoms with Crippen molar-refractivity contribution < 1.29 is 46.5 Å². The van der Waals surface area contributed by atoms with Crippen LogP contribution in [0.25, 0.3) is 0 Å². The summed E-state index contributed by atoms with van der Waals surface area (Å²) in [5.41, 5.74) is 2.83. The highest BCUT2D eigenvalue weighted by Crippen LogP contribution is 2.28. The number of alkyl halides is 3. The molecule has 1 atom stereocenters. The molecule has 216 valence electrons. The molecule has 0 aliphatic carbocycles. The van der Waals surface area contributed by atoms with Gasteiger partial charge in [-0.3, -0.25) is 4.79 Å². The number of carboxylic acids is 2. The zero-order chi connectivity index (χ0) is 29.3. The number of benzene rings is 1. The molecule has 1 aliphatic heterocycles. The predicted molar refractivity (Wildman–Crippen MR) is 133 cm³/mol. The van der Waals surface area contributed by atoms with E-state index < -0.39 is 29.9 Å². The van der Waals surface area contributed by atoms with Crippen molar-refractivity contribution >= 4 is 17.8 Å². The van der Waals surface area contributed by atoms with Gasteiger partial charge in [-0.25, -0.2) is 14.2 Å². The average Bonchev–Trinajstić information content (AvgIpc) is 3.35. The molecule has 0 amide bonds. The van der Waals surface area contributed by atoms with Gasteiger partial charge < -0.3 is 24.7 Å². The second kappa shape index (κ2) is 13.7. The normalized spacial score (nSPS) is 13.3. The number of nitrogens with zero attached hydrogens (tertiary/aromatic N) is 3. The largest absolute Gasteiger partial charge is 0.494 e. The third-order valence-electron chi connectivity index (χ3n) is 6.02. The molecule has 3 aromatic rings. The fourth-order valence-corrected chi connectivity index (χ4v) is 4.07. The molecule has 10 nitrogen and oxygen atoms in total. The lowest BCUT2D eigenvalue weighted by molar-refractivity contribution is -0.192. The molecule has 14 heteroatoms. The summed E-state index contributed by atoms with van der Waals surface area (Å²) in [4.78, 5) is 24.9. The number of carbonyl (C=O) groups is 2. The fraction of sp³-hybridized carbons (Fsp3) is 0.423. The third-order valence-corrected chi connectivity index (χ3v) is 6.02. The number of ether oxygens (including phenoxy) is 1. The van der Waals surface area contributed by atoms with E-state index in [0.717, 1.165) is 43.7 Å². The molecular weight excluding hydrogens is 540 g/mol. The summed E-state index contributed by atoms with van der Waals surface area (Å²) in [5, 5.41) is 27.9. The number of aromatic nitrogens is 3. The first-order valence-electron chi connectivity index (χ1n) is 12.4. The zero-order valence-corrected chi connectivity index (χ0v) is 21.5. The van der Waals surface area contributed by atoms with Crippen LogP contribution in [0, 0.1) is 5.82 Å². The van der Waals surface area contributed by atoms with E-state index in [-0.39, 0.29) is 18.6 Å². The van der Waals surface area contributed by atoms with Crippen LogP contribution in [0.15, 0.2) is 34.7 Å². The Bertz CT molecular complexity index is 1310. The summed E-state index contributed by atoms with van der Waals surface area (Å²) < 4.78 is 56.6. The van der Waals surface area contributed by atoms with Crippen molar-refractivity contribution in [3.8, 4) is 5.75 Å². The van der Waals surface area contributed by atoms with Gasteiger partial charge in [0.15, 0.2) is 11.6 Å². The van der Waals surface area contributed by atoms with Crippen molar-refractivity contribution in [3.05, 3.63) is 64.8 Å².